The number of nitrogens with zero attached hydrogens (tertiary/aromatic N) is 1. The highest BCUT2D eigenvalue weighted by atomic mass is 32.2. The maximum Gasteiger partial charge on any atom is 0.209 e. The second-order valence-corrected chi connectivity index (χ2v) is 8.04. The first kappa shape index (κ1) is 15.8. The van der Waals surface area contributed by atoms with E-state index >= 15 is 0 Å². The predicted molar refractivity (Wildman–Crippen MR) is 91.4 cm³/mol. The van der Waals surface area contributed by atoms with Crippen LogP contribution in [0.3, 0.4) is 0 Å². The predicted octanol–water partition coefficient (Wildman–Crippen LogP) is 2.41. The molecule has 1 aliphatic heterocycles. The third-order valence-electron chi connectivity index (χ3n) is 4.48. The molecule has 0 atom stereocenters. The summed E-state index contributed by atoms with van der Waals surface area (Å²) in [4.78, 5) is 27.1. The number of sulfone groups is 1. The zero-order chi connectivity index (χ0) is 17.8. The maximum atomic E-state index is 13.1. The monoisotopic (exact) mass is 353 g/mol. The van der Waals surface area contributed by atoms with Gasteiger partial charge in [-0.1, -0.05) is 30.3 Å². The molecule has 4 rings (SSSR count). The average molecular weight is 353 g/mol. The first-order valence-electron chi connectivity index (χ1n) is 7.90. The molecule has 0 saturated carbocycles. The zero-order valence-electron chi connectivity index (χ0n) is 13.5. The number of Topliss-reactive ketones (excluding diaryl/α,β-unsaturated/α-hetero) is 1. The first-order chi connectivity index (χ1) is 11.9. The zero-order valence-corrected chi connectivity index (χ0v) is 14.3. The molecule has 126 valence electrons. The highest BCUT2D eigenvalue weighted by Crippen LogP contribution is 2.33. The van der Waals surface area contributed by atoms with Gasteiger partial charge in [-0.05, 0) is 24.6 Å². The number of carbonyl (C=O) groups excluding carboxylic acids is 2. The second kappa shape index (κ2) is 5.39. The largest absolute Gasteiger partial charge is 0.365 e. The van der Waals surface area contributed by atoms with Crippen LogP contribution in [0.25, 0.3) is 0 Å². The van der Waals surface area contributed by atoms with Crippen molar-refractivity contribution >= 4 is 21.4 Å². The Morgan fingerprint density at radius 1 is 0.920 bits per heavy atom. The van der Waals surface area contributed by atoms with Gasteiger partial charge in [0.15, 0.2) is 5.78 Å². The van der Waals surface area contributed by atoms with Gasteiger partial charge in [0.2, 0.25) is 15.6 Å². The number of hydrogen-bond acceptors (Lipinski definition) is 5. The fourth-order valence-electron chi connectivity index (χ4n) is 3.10. The molecule has 2 aromatic carbocycles. The van der Waals surface area contributed by atoms with Crippen molar-refractivity contribution in [3.8, 4) is 0 Å². The Morgan fingerprint density at radius 2 is 1.60 bits per heavy atom. The molecule has 1 fully saturated rings. The minimum absolute atomic E-state index is 0.0265. The second-order valence-electron chi connectivity index (χ2n) is 6.16. The van der Waals surface area contributed by atoms with E-state index in [-0.39, 0.29) is 26.7 Å². The lowest BCUT2D eigenvalue weighted by Crippen LogP contribution is -2.23. The maximum absolute atomic E-state index is 13.1. The van der Waals surface area contributed by atoms with Crippen LogP contribution in [0.2, 0.25) is 0 Å². The number of rotatable bonds is 3. The molecule has 0 unspecified atom stereocenters. The molecule has 25 heavy (non-hydrogen) atoms. The lowest BCUT2D eigenvalue weighted by atomic mass is 9.92. The summed E-state index contributed by atoms with van der Waals surface area (Å²) in [6, 6.07) is 11.0. The normalized spacial score (nSPS) is 16.5. The van der Waals surface area contributed by atoms with Gasteiger partial charge in [0.05, 0.1) is 21.1 Å². The molecule has 2 aliphatic rings. The molecule has 1 saturated heterocycles. The lowest BCUT2D eigenvalue weighted by molar-refractivity contribution is 0.0968. The van der Waals surface area contributed by atoms with Gasteiger partial charge in [-0.15, -0.1) is 0 Å². The van der Waals surface area contributed by atoms with Gasteiger partial charge in [-0.3, -0.25) is 9.59 Å². The molecule has 6 heteroatoms. The van der Waals surface area contributed by atoms with Gasteiger partial charge in [0.25, 0.3) is 0 Å². The van der Waals surface area contributed by atoms with Crippen LogP contribution in [-0.4, -0.2) is 38.0 Å². The quantitative estimate of drug-likeness (QED) is 0.793. The molecule has 0 spiro atoms. The molecular formula is C19H15NO4S. The van der Waals surface area contributed by atoms with Crippen molar-refractivity contribution in [2.75, 3.05) is 13.1 Å². The Labute approximate surface area is 145 Å². The van der Waals surface area contributed by atoms with E-state index < -0.39 is 15.6 Å². The van der Waals surface area contributed by atoms with Gasteiger partial charge in [-0.2, -0.15) is 0 Å². The van der Waals surface area contributed by atoms with Crippen LogP contribution >= 0.6 is 0 Å². The molecule has 5 nitrogen and oxygen atoms in total. The highest BCUT2D eigenvalue weighted by molar-refractivity contribution is 7.91. The molecule has 0 amide bonds. The molecule has 2 aromatic rings. The summed E-state index contributed by atoms with van der Waals surface area (Å²) in [6.45, 7) is 3.18. The number of benzene rings is 2. The van der Waals surface area contributed by atoms with Crippen molar-refractivity contribution < 1.29 is 18.0 Å². The topological polar surface area (TPSA) is 71.3 Å². The third kappa shape index (κ3) is 2.41. The van der Waals surface area contributed by atoms with E-state index in [0.29, 0.717) is 11.3 Å². The molecule has 1 aliphatic carbocycles. The Bertz CT molecular complexity index is 1060. The molecule has 0 aromatic heterocycles. The van der Waals surface area contributed by atoms with Gasteiger partial charge in [0, 0.05) is 24.7 Å². The SMILES string of the molecule is Cc1ccccc1S(=O)(=O)c1cccc2c1C(=O)C=C(N1CC1)C2=O. The van der Waals surface area contributed by atoms with Crippen molar-refractivity contribution in [1.29, 1.82) is 0 Å². The van der Waals surface area contributed by atoms with Crippen molar-refractivity contribution in [2.45, 2.75) is 16.7 Å². The minimum Gasteiger partial charge on any atom is -0.365 e. The lowest BCUT2D eigenvalue weighted by Gasteiger charge is -2.19. The van der Waals surface area contributed by atoms with Crippen molar-refractivity contribution in [3.63, 3.8) is 0 Å². The van der Waals surface area contributed by atoms with E-state index in [4.69, 9.17) is 0 Å². The van der Waals surface area contributed by atoms with Crippen LogP contribution in [0.15, 0.2) is 64.0 Å². The summed E-state index contributed by atoms with van der Waals surface area (Å²) in [5, 5.41) is 0. The van der Waals surface area contributed by atoms with Crippen molar-refractivity contribution in [2.24, 2.45) is 0 Å². The number of hydrogen-bond donors (Lipinski definition) is 0. The molecule has 0 N–H and O–H groups in total. The Kier molecular flexibility index (Phi) is 3.40. The summed E-state index contributed by atoms with van der Waals surface area (Å²) in [6.07, 6.45) is 1.26. The van der Waals surface area contributed by atoms with Crippen LogP contribution in [0.1, 0.15) is 26.3 Å². The number of carbonyl (C=O) groups is 2. The molecule has 0 bridgehead atoms. The summed E-state index contributed by atoms with van der Waals surface area (Å²) >= 11 is 0. The van der Waals surface area contributed by atoms with E-state index in [9.17, 15) is 18.0 Å². The molecule has 1 heterocycles. The van der Waals surface area contributed by atoms with Gasteiger partial charge < -0.3 is 4.90 Å². The summed E-state index contributed by atoms with van der Waals surface area (Å²) in [5.74, 6) is -0.738. The molecular weight excluding hydrogens is 338 g/mol. The molecule has 0 radical (unpaired) electrons. The van der Waals surface area contributed by atoms with Crippen LogP contribution in [0.4, 0.5) is 0 Å². The van der Waals surface area contributed by atoms with E-state index in [1.165, 1.54) is 30.3 Å². The van der Waals surface area contributed by atoms with Crippen LogP contribution in [0, 0.1) is 6.92 Å². The van der Waals surface area contributed by atoms with Crippen LogP contribution in [-0.2, 0) is 9.84 Å². The van der Waals surface area contributed by atoms with Crippen LogP contribution in [0.5, 0.6) is 0 Å². The number of ketones is 2. The first-order valence-corrected chi connectivity index (χ1v) is 9.39. The van der Waals surface area contributed by atoms with Gasteiger partial charge >= 0.3 is 0 Å². The number of allylic oxidation sites excluding steroid dienone is 2. The van der Waals surface area contributed by atoms with Crippen molar-refractivity contribution in [1.82, 2.24) is 4.90 Å². The smallest absolute Gasteiger partial charge is 0.209 e. The summed E-state index contributed by atoms with van der Waals surface area (Å²) in [7, 11) is -3.91. The number of fused-ring (bicyclic) bond motifs is 1. The highest BCUT2D eigenvalue weighted by Gasteiger charge is 2.36. The van der Waals surface area contributed by atoms with E-state index in [0.717, 1.165) is 13.1 Å². The summed E-state index contributed by atoms with van der Waals surface area (Å²) < 4.78 is 26.2. The fourth-order valence-corrected chi connectivity index (χ4v) is 4.82. The minimum atomic E-state index is -3.91. The van der Waals surface area contributed by atoms with Gasteiger partial charge in [0.1, 0.15) is 0 Å². The average Bonchev–Trinajstić information content (AvgIpc) is 3.42. The van der Waals surface area contributed by atoms with E-state index in [1.54, 1.807) is 30.0 Å². The van der Waals surface area contributed by atoms with Crippen LogP contribution < -0.4 is 0 Å². The van der Waals surface area contributed by atoms with E-state index in [1.807, 2.05) is 0 Å². The third-order valence-corrected chi connectivity index (χ3v) is 6.43. The Morgan fingerprint density at radius 3 is 2.28 bits per heavy atom. The van der Waals surface area contributed by atoms with E-state index in [2.05, 4.69) is 0 Å². The Hall–Kier alpha value is -2.73. The fraction of sp³-hybridized carbons (Fsp3) is 0.158. The summed E-state index contributed by atoms with van der Waals surface area (Å²) in [5.41, 5.74) is 1.07. The van der Waals surface area contributed by atoms with Crippen molar-refractivity contribution in [3.05, 3.63) is 70.9 Å². The Balaban J connectivity index is 1.93. The van der Waals surface area contributed by atoms with Gasteiger partial charge in [-0.25, -0.2) is 8.42 Å². The standard InChI is InChI=1S/C19H15NO4S/c1-12-5-2-3-7-16(12)25(23,24)17-8-4-6-13-18(17)15(21)11-14(19(13)22)20-9-10-20/h2-8,11H,9-10H2,1H3. The number of aryl methyl sites for hydroxylation is 1.